The lowest BCUT2D eigenvalue weighted by Gasteiger charge is -2.14. The van der Waals surface area contributed by atoms with E-state index in [1.54, 1.807) is 0 Å². The summed E-state index contributed by atoms with van der Waals surface area (Å²) in [6.45, 7) is 0. The molecule has 0 aliphatic rings. The number of amides is 1. The first-order valence-electron chi connectivity index (χ1n) is 6.54. The molecule has 0 spiro atoms. The van der Waals surface area contributed by atoms with E-state index < -0.39 is 35.0 Å². The zero-order chi connectivity index (χ0) is 19.0. The van der Waals surface area contributed by atoms with Crippen LogP contribution in [0.15, 0.2) is 36.4 Å². The van der Waals surface area contributed by atoms with Crippen molar-refractivity contribution in [1.29, 1.82) is 0 Å². The number of benzene rings is 2. The third kappa shape index (κ3) is 4.56. The number of halogens is 7. The molecule has 2 aromatic carbocycles. The van der Waals surface area contributed by atoms with Crippen LogP contribution < -0.4 is 11.1 Å². The lowest BCUT2D eigenvalue weighted by Crippen LogP contribution is -2.17. The van der Waals surface area contributed by atoms with Gasteiger partial charge in [-0.2, -0.15) is 26.3 Å². The monoisotopic (exact) mass is 382 g/mol. The van der Waals surface area contributed by atoms with Crippen molar-refractivity contribution >= 4 is 28.9 Å². The minimum absolute atomic E-state index is 0.0190. The minimum Gasteiger partial charge on any atom is -0.399 e. The molecule has 0 bridgehead atoms. The summed E-state index contributed by atoms with van der Waals surface area (Å²) in [7, 11) is 0. The first kappa shape index (κ1) is 18.9. The number of rotatable bonds is 2. The van der Waals surface area contributed by atoms with Crippen molar-refractivity contribution < 1.29 is 31.1 Å². The zero-order valence-corrected chi connectivity index (χ0v) is 12.9. The van der Waals surface area contributed by atoms with E-state index in [9.17, 15) is 31.1 Å². The molecular formula is C15H9ClF6N2O. The Kier molecular flexibility index (Phi) is 4.90. The van der Waals surface area contributed by atoms with Crippen molar-refractivity contribution in [2.75, 3.05) is 11.1 Å². The summed E-state index contributed by atoms with van der Waals surface area (Å²) in [6.07, 6.45) is -10.1. The number of nitrogens with two attached hydrogens (primary N) is 1. The van der Waals surface area contributed by atoms with Gasteiger partial charge in [0.25, 0.3) is 5.91 Å². The molecule has 0 fully saturated rings. The SMILES string of the molecule is Nc1ccc(Cl)c(NC(=O)c2cc(C(F)(F)F)cc(C(F)(F)F)c2)c1. The van der Waals surface area contributed by atoms with E-state index in [4.69, 9.17) is 17.3 Å². The average Bonchev–Trinajstić information content (AvgIpc) is 2.48. The van der Waals surface area contributed by atoms with E-state index in [1.165, 1.54) is 18.2 Å². The molecule has 0 saturated heterocycles. The van der Waals surface area contributed by atoms with Gasteiger partial charge in [-0.1, -0.05) is 11.6 Å². The molecule has 0 saturated carbocycles. The molecule has 3 N–H and O–H groups in total. The Morgan fingerprint density at radius 1 is 0.920 bits per heavy atom. The van der Waals surface area contributed by atoms with Gasteiger partial charge in [-0.05, 0) is 36.4 Å². The number of carbonyl (C=O) groups excluding carboxylic acids is 1. The molecule has 0 aliphatic carbocycles. The van der Waals surface area contributed by atoms with E-state index in [-0.39, 0.29) is 22.5 Å². The van der Waals surface area contributed by atoms with E-state index in [0.29, 0.717) is 12.1 Å². The Bertz CT molecular complexity index is 784. The number of alkyl halides is 6. The summed E-state index contributed by atoms with van der Waals surface area (Å²) in [4.78, 5) is 12.1. The van der Waals surface area contributed by atoms with Gasteiger partial charge in [-0.25, -0.2) is 0 Å². The van der Waals surface area contributed by atoms with Crippen LogP contribution in [0.2, 0.25) is 5.02 Å². The number of nitrogens with one attached hydrogen (secondary N) is 1. The van der Waals surface area contributed by atoms with Crippen molar-refractivity contribution in [2.24, 2.45) is 0 Å². The highest BCUT2D eigenvalue weighted by Crippen LogP contribution is 2.36. The van der Waals surface area contributed by atoms with Gasteiger partial charge in [0, 0.05) is 11.3 Å². The largest absolute Gasteiger partial charge is 0.416 e. The highest BCUT2D eigenvalue weighted by atomic mass is 35.5. The van der Waals surface area contributed by atoms with E-state index in [0.717, 1.165) is 0 Å². The highest BCUT2D eigenvalue weighted by Gasteiger charge is 2.37. The van der Waals surface area contributed by atoms with Crippen LogP contribution in [0.4, 0.5) is 37.7 Å². The van der Waals surface area contributed by atoms with Crippen molar-refractivity contribution in [2.45, 2.75) is 12.4 Å². The second-order valence-corrected chi connectivity index (χ2v) is 5.40. The second-order valence-electron chi connectivity index (χ2n) is 4.99. The van der Waals surface area contributed by atoms with Crippen molar-refractivity contribution in [3.05, 3.63) is 58.1 Å². The molecule has 0 aromatic heterocycles. The van der Waals surface area contributed by atoms with Crippen LogP contribution in [-0.4, -0.2) is 5.91 Å². The Labute approximate surface area is 142 Å². The summed E-state index contributed by atoms with van der Waals surface area (Å²) in [5, 5.41) is 2.16. The first-order chi connectivity index (χ1) is 11.4. The second kappa shape index (κ2) is 6.47. The van der Waals surface area contributed by atoms with Gasteiger partial charge in [-0.3, -0.25) is 4.79 Å². The minimum atomic E-state index is -5.05. The van der Waals surface area contributed by atoms with Gasteiger partial charge < -0.3 is 11.1 Å². The maximum Gasteiger partial charge on any atom is 0.416 e. The van der Waals surface area contributed by atoms with Gasteiger partial charge in [0.05, 0.1) is 21.8 Å². The van der Waals surface area contributed by atoms with Gasteiger partial charge >= 0.3 is 12.4 Å². The molecule has 25 heavy (non-hydrogen) atoms. The Balaban J connectivity index is 2.46. The summed E-state index contributed by atoms with van der Waals surface area (Å²) >= 11 is 5.81. The Hall–Kier alpha value is -2.42. The van der Waals surface area contributed by atoms with Crippen LogP contribution in [0.25, 0.3) is 0 Å². The Morgan fingerprint density at radius 2 is 1.44 bits per heavy atom. The van der Waals surface area contributed by atoms with Crippen LogP contribution in [0.3, 0.4) is 0 Å². The molecule has 3 nitrogen and oxygen atoms in total. The molecule has 0 heterocycles. The first-order valence-corrected chi connectivity index (χ1v) is 6.91. The quantitative estimate of drug-likeness (QED) is 0.553. The van der Waals surface area contributed by atoms with E-state index >= 15 is 0 Å². The molecule has 1 amide bonds. The molecule has 0 radical (unpaired) electrons. The van der Waals surface area contributed by atoms with Crippen LogP contribution in [0, 0.1) is 0 Å². The molecule has 0 atom stereocenters. The summed E-state index contributed by atoms with van der Waals surface area (Å²) < 4.78 is 76.8. The maximum absolute atomic E-state index is 12.8. The fourth-order valence-corrected chi connectivity index (χ4v) is 2.08. The summed E-state index contributed by atoms with van der Waals surface area (Å²) in [5.41, 5.74) is 1.65. The van der Waals surface area contributed by atoms with Gasteiger partial charge in [-0.15, -0.1) is 0 Å². The number of hydrogen-bond donors (Lipinski definition) is 2. The Morgan fingerprint density at radius 3 is 1.92 bits per heavy atom. The number of hydrogen-bond acceptors (Lipinski definition) is 2. The maximum atomic E-state index is 12.8. The third-order valence-corrected chi connectivity index (χ3v) is 3.42. The lowest BCUT2D eigenvalue weighted by molar-refractivity contribution is -0.143. The van der Waals surface area contributed by atoms with E-state index in [2.05, 4.69) is 5.32 Å². The van der Waals surface area contributed by atoms with E-state index in [1.807, 2.05) is 0 Å². The standard InChI is InChI=1S/C15H9ClF6N2O/c16-11-2-1-10(23)6-12(11)24-13(25)7-3-8(14(17,18)19)5-9(4-7)15(20,21)22/h1-6H,23H2,(H,24,25). The summed E-state index contributed by atoms with van der Waals surface area (Å²) in [6, 6.07) is 4.53. The molecule has 10 heteroatoms. The predicted molar refractivity (Wildman–Crippen MR) is 80.3 cm³/mol. The normalized spacial score (nSPS) is 12.1. The number of nitrogen functional groups attached to an aromatic ring is 1. The van der Waals surface area contributed by atoms with Gasteiger partial charge in [0.15, 0.2) is 0 Å². The fourth-order valence-electron chi connectivity index (χ4n) is 1.92. The highest BCUT2D eigenvalue weighted by molar-refractivity contribution is 6.34. The molecule has 134 valence electrons. The van der Waals surface area contributed by atoms with Crippen LogP contribution in [-0.2, 0) is 12.4 Å². The molecule has 0 aliphatic heterocycles. The van der Waals surface area contributed by atoms with Gasteiger partial charge in [0.2, 0.25) is 0 Å². The zero-order valence-electron chi connectivity index (χ0n) is 12.1. The smallest absolute Gasteiger partial charge is 0.399 e. The average molecular weight is 383 g/mol. The third-order valence-electron chi connectivity index (χ3n) is 3.09. The molecular weight excluding hydrogens is 374 g/mol. The van der Waals surface area contributed by atoms with Crippen molar-refractivity contribution in [3.63, 3.8) is 0 Å². The van der Waals surface area contributed by atoms with Crippen molar-refractivity contribution in [3.8, 4) is 0 Å². The van der Waals surface area contributed by atoms with Crippen LogP contribution in [0.1, 0.15) is 21.5 Å². The number of anilines is 2. The van der Waals surface area contributed by atoms with Crippen molar-refractivity contribution in [1.82, 2.24) is 0 Å². The van der Waals surface area contributed by atoms with Gasteiger partial charge in [0.1, 0.15) is 0 Å². The predicted octanol–water partition coefficient (Wildman–Crippen LogP) is 5.21. The van der Waals surface area contributed by atoms with Crippen LogP contribution in [0.5, 0.6) is 0 Å². The molecule has 2 rings (SSSR count). The fraction of sp³-hybridized carbons (Fsp3) is 0.133. The molecule has 2 aromatic rings. The summed E-state index contributed by atoms with van der Waals surface area (Å²) in [5.74, 6) is -1.19. The topological polar surface area (TPSA) is 55.1 Å². The van der Waals surface area contributed by atoms with Crippen LogP contribution >= 0.6 is 11.6 Å². The molecule has 0 unspecified atom stereocenters. The number of carbonyl (C=O) groups is 1. The lowest BCUT2D eigenvalue weighted by atomic mass is 10.0.